The Morgan fingerprint density at radius 3 is 2.17 bits per heavy atom. The largest absolute Gasteiger partial charge is 0.351 e. The van der Waals surface area contributed by atoms with Gasteiger partial charge < -0.3 is 5.32 Å². The Balaban J connectivity index is 1.43. The lowest BCUT2D eigenvalue weighted by Crippen LogP contribution is -2.31. The Morgan fingerprint density at radius 2 is 1.54 bits per heavy atom. The highest BCUT2D eigenvalue weighted by Crippen LogP contribution is 2.36. The second-order valence-corrected chi connectivity index (χ2v) is 10.7. The number of nitrogens with zero attached hydrogens (tertiary/aromatic N) is 1. The van der Waals surface area contributed by atoms with Crippen LogP contribution in [-0.2, 0) is 21.4 Å². The molecule has 6 nitrogen and oxygen atoms in total. The smallest absolute Gasteiger partial charge is 0.268 e. The summed E-state index contributed by atoms with van der Waals surface area (Å²) in [6.45, 7) is 5.91. The molecule has 0 bridgehead atoms. The normalized spacial score (nSPS) is 15.9. The standard InChI is InChI=1S/C28H28N2O4S/c1-19-9-13-24(14-10-19)26-21(3)28(32)30(35(26,33)34)18-22-11-15-25(16-12-22)27(31)29-17-20(2)23-7-5-4-6-8-23/h4-16,20H,17-18H2,1-3H3,(H,29,31). The number of carbonyl (C=O) groups excluding carboxylic acids is 2. The molecule has 0 spiro atoms. The van der Waals surface area contributed by atoms with Crippen molar-refractivity contribution in [2.24, 2.45) is 0 Å². The minimum Gasteiger partial charge on any atom is -0.351 e. The molecule has 0 fully saturated rings. The van der Waals surface area contributed by atoms with Gasteiger partial charge in [0.2, 0.25) is 0 Å². The third-order valence-electron chi connectivity index (χ3n) is 6.23. The lowest BCUT2D eigenvalue weighted by Gasteiger charge is -2.17. The fourth-order valence-corrected chi connectivity index (χ4v) is 5.90. The van der Waals surface area contributed by atoms with Gasteiger partial charge in [-0.3, -0.25) is 9.59 Å². The topological polar surface area (TPSA) is 83.6 Å². The van der Waals surface area contributed by atoms with E-state index in [0.29, 0.717) is 23.2 Å². The van der Waals surface area contributed by atoms with E-state index < -0.39 is 15.9 Å². The van der Waals surface area contributed by atoms with E-state index in [0.717, 1.165) is 15.4 Å². The summed E-state index contributed by atoms with van der Waals surface area (Å²) < 4.78 is 27.4. The number of carbonyl (C=O) groups is 2. The monoisotopic (exact) mass is 488 g/mol. The lowest BCUT2D eigenvalue weighted by molar-refractivity contribution is -0.122. The molecule has 0 aliphatic carbocycles. The molecule has 180 valence electrons. The molecule has 0 radical (unpaired) electrons. The number of hydrogen-bond acceptors (Lipinski definition) is 4. The van der Waals surface area contributed by atoms with Gasteiger partial charge in [-0.25, -0.2) is 12.7 Å². The van der Waals surface area contributed by atoms with Crippen molar-refractivity contribution >= 4 is 26.7 Å². The first-order valence-electron chi connectivity index (χ1n) is 11.5. The van der Waals surface area contributed by atoms with Crippen molar-refractivity contribution in [2.75, 3.05) is 6.54 Å². The van der Waals surface area contributed by atoms with Gasteiger partial charge in [-0.1, -0.05) is 79.2 Å². The van der Waals surface area contributed by atoms with Crippen LogP contribution in [0.3, 0.4) is 0 Å². The van der Waals surface area contributed by atoms with E-state index >= 15 is 0 Å². The molecule has 1 N–H and O–H groups in total. The van der Waals surface area contributed by atoms with Gasteiger partial charge >= 0.3 is 0 Å². The molecule has 3 aromatic carbocycles. The van der Waals surface area contributed by atoms with Gasteiger partial charge in [0, 0.05) is 17.7 Å². The average Bonchev–Trinajstić information content (AvgIpc) is 3.03. The van der Waals surface area contributed by atoms with Crippen LogP contribution in [-0.4, -0.2) is 31.1 Å². The van der Waals surface area contributed by atoms with Crippen LogP contribution in [0.15, 0.2) is 84.4 Å². The maximum absolute atomic E-state index is 13.2. The van der Waals surface area contributed by atoms with Crippen molar-refractivity contribution in [2.45, 2.75) is 33.2 Å². The van der Waals surface area contributed by atoms with E-state index in [2.05, 4.69) is 5.32 Å². The van der Waals surface area contributed by atoms with Crippen LogP contribution in [0.2, 0.25) is 0 Å². The predicted molar refractivity (Wildman–Crippen MR) is 137 cm³/mol. The van der Waals surface area contributed by atoms with Gasteiger partial charge in [0.25, 0.3) is 21.8 Å². The SMILES string of the molecule is CC1=C(c2ccc(C)cc2)S(=O)(=O)N(Cc2ccc(C(=O)NCC(C)c3ccccc3)cc2)C1=O. The first kappa shape index (κ1) is 24.4. The van der Waals surface area contributed by atoms with Crippen LogP contribution in [0, 0.1) is 6.92 Å². The minimum absolute atomic E-state index is 0.0473. The average molecular weight is 489 g/mol. The molecule has 7 heteroatoms. The molecule has 1 atom stereocenters. The molecule has 0 saturated carbocycles. The summed E-state index contributed by atoms with van der Waals surface area (Å²) in [5.74, 6) is -0.565. The second kappa shape index (κ2) is 9.88. The molecule has 1 unspecified atom stereocenters. The number of hydrogen-bond donors (Lipinski definition) is 1. The van der Waals surface area contributed by atoms with E-state index in [1.807, 2.05) is 56.3 Å². The van der Waals surface area contributed by atoms with Crippen LogP contribution >= 0.6 is 0 Å². The maximum atomic E-state index is 13.2. The van der Waals surface area contributed by atoms with Crippen LogP contribution in [0.25, 0.3) is 4.91 Å². The first-order valence-corrected chi connectivity index (χ1v) is 12.9. The number of amides is 2. The summed E-state index contributed by atoms with van der Waals surface area (Å²) in [4.78, 5) is 25.5. The zero-order valence-corrected chi connectivity index (χ0v) is 20.8. The molecular weight excluding hydrogens is 460 g/mol. The highest BCUT2D eigenvalue weighted by atomic mass is 32.2. The van der Waals surface area contributed by atoms with Gasteiger partial charge in [-0.05, 0) is 48.6 Å². The van der Waals surface area contributed by atoms with E-state index in [-0.39, 0.29) is 28.8 Å². The van der Waals surface area contributed by atoms with Gasteiger partial charge in [-0.2, -0.15) is 0 Å². The van der Waals surface area contributed by atoms with Gasteiger partial charge in [0.05, 0.1) is 6.54 Å². The zero-order valence-electron chi connectivity index (χ0n) is 20.0. The van der Waals surface area contributed by atoms with Crippen molar-refractivity contribution in [3.63, 3.8) is 0 Å². The fourth-order valence-electron chi connectivity index (χ4n) is 4.10. The quantitative estimate of drug-likeness (QED) is 0.526. The third-order valence-corrected chi connectivity index (χ3v) is 8.16. The van der Waals surface area contributed by atoms with E-state index in [9.17, 15) is 18.0 Å². The molecule has 0 aromatic heterocycles. The van der Waals surface area contributed by atoms with Crippen molar-refractivity contribution < 1.29 is 18.0 Å². The summed E-state index contributed by atoms with van der Waals surface area (Å²) in [6, 6.07) is 23.7. The molecule has 1 heterocycles. The molecular formula is C28H28N2O4S. The third kappa shape index (κ3) is 5.05. The summed E-state index contributed by atoms with van der Waals surface area (Å²) in [7, 11) is -3.98. The van der Waals surface area contributed by atoms with E-state index in [4.69, 9.17) is 0 Å². The van der Waals surface area contributed by atoms with Gasteiger partial charge in [0.15, 0.2) is 0 Å². The summed E-state index contributed by atoms with van der Waals surface area (Å²) in [5, 5.41) is 2.94. The zero-order chi connectivity index (χ0) is 25.2. The lowest BCUT2D eigenvalue weighted by atomic mass is 10.0. The fraction of sp³-hybridized carbons (Fsp3) is 0.214. The second-order valence-electron chi connectivity index (χ2n) is 8.86. The number of nitrogens with one attached hydrogen (secondary N) is 1. The predicted octanol–water partition coefficient (Wildman–Crippen LogP) is 4.63. The molecule has 4 rings (SSSR count). The van der Waals surface area contributed by atoms with Crippen LogP contribution in [0.1, 0.15) is 52.4 Å². The van der Waals surface area contributed by atoms with Crippen molar-refractivity contribution in [3.8, 4) is 0 Å². The molecule has 1 aliphatic rings. The Labute approximate surface area is 206 Å². The highest BCUT2D eigenvalue weighted by Gasteiger charge is 2.42. The van der Waals surface area contributed by atoms with Gasteiger partial charge in [-0.15, -0.1) is 0 Å². The van der Waals surface area contributed by atoms with Gasteiger partial charge in [0.1, 0.15) is 4.91 Å². The summed E-state index contributed by atoms with van der Waals surface area (Å²) in [5.41, 5.74) is 3.95. The van der Waals surface area contributed by atoms with Crippen molar-refractivity contribution in [1.82, 2.24) is 9.62 Å². The number of aryl methyl sites for hydroxylation is 1. The summed E-state index contributed by atoms with van der Waals surface area (Å²) in [6.07, 6.45) is 0. The van der Waals surface area contributed by atoms with Crippen molar-refractivity contribution in [3.05, 3.63) is 112 Å². The Morgan fingerprint density at radius 1 is 0.914 bits per heavy atom. The van der Waals surface area contributed by atoms with Crippen molar-refractivity contribution in [1.29, 1.82) is 0 Å². The molecule has 0 saturated heterocycles. The highest BCUT2D eigenvalue weighted by molar-refractivity contribution is 7.99. The van der Waals surface area contributed by atoms with E-state index in [1.54, 1.807) is 43.3 Å². The van der Waals surface area contributed by atoms with E-state index in [1.165, 1.54) is 0 Å². The molecule has 1 aliphatic heterocycles. The molecule has 3 aromatic rings. The minimum atomic E-state index is -3.98. The number of sulfonamides is 1. The Bertz CT molecular complexity index is 1380. The number of benzene rings is 3. The van der Waals surface area contributed by atoms with Crippen LogP contribution in [0.5, 0.6) is 0 Å². The Hall–Kier alpha value is -3.71. The number of rotatable bonds is 7. The molecule has 2 amide bonds. The molecule has 35 heavy (non-hydrogen) atoms. The Kier molecular flexibility index (Phi) is 6.89. The maximum Gasteiger partial charge on any atom is 0.268 e. The summed E-state index contributed by atoms with van der Waals surface area (Å²) >= 11 is 0. The first-order chi connectivity index (χ1) is 16.7. The van der Waals surface area contributed by atoms with Crippen LogP contribution < -0.4 is 5.32 Å². The van der Waals surface area contributed by atoms with Crippen LogP contribution in [0.4, 0.5) is 0 Å².